The van der Waals surface area contributed by atoms with E-state index in [1.807, 2.05) is 42.5 Å². The zero-order valence-electron chi connectivity index (χ0n) is 39.6. The van der Waals surface area contributed by atoms with Crippen LogP contribution < -0.4 is 40.6 Å². The van der Waals surface area contributed by atoms with Crippen LogP contribution in [0.3, 0.4) is 0 Å². The molecule has 0 atom stereocenters. The molecule has 0 fully saturated rings. The molecule has 3 N–H and O–H groups in total. The fourth-order valence-electron chi connectivity index (χ4n) is 11.1. The van der Waals surface area contributed by atoms with Gasteiger partial charge in [0, 0.05) is 43.2 Å². The van der Waals surface area contributed by atoms with Gasteiger partial charge < -0.3 is 18.5 Å². The third-order valence-corrected chi connectivity index (χ3v) is 15.1. The topological polar surface area (TPSA) is 38.0 Å². The normalized spacial score (nSPS) is 15.5. The first-order valence-electron chi connectivity index (χ1n) is 22.2. The van der Waals surface area contributed by atoms with E-state index >= 15 is 0 Å². The first-order valence-corrected chi connectivity index (χ1v) is 23.0. The Balaban J connectivity index is 0.000000152. The van der Waals surface area contributed by atoms with Crippen molar-refractivity contribution >= 4 is 33.0 Å². The number of benzene rings is 8. The number of nitrogens with two attached hydrogens (primary N) is 1. The van der Waals surface area contributed by atoms with Crippen molar-refractivity contribution in [3.63, 3.8) is 0 Å². The molecule has 0 saturated carbocycles. The molecule has 0 amide bonds. The molecule has 12 rings (SSSR count). The molecule has 8 aromatic carbocycles. The molecule has 65 heavy (non-hydrogen) atoms. The molecule has 4 heteroatoms. The molecule has 0 aliphatic heterocycles. The molecule has 8 aromatic rings. The van der Waals surface area contributed by atoms with Crippen molar-refractivity contribution in [2.75, 3.05) is 11.1 Å². The minimum absolute atomic E-state index is 0. The molecular formula is C61H58BrN2Na. The Hall–Kier alpha value is -5.16. The summed E-state index contributed by atoms with van der Waals surface area (Å²) in [5.74, 6) is 0. The van der Waals surface area contributed by atoms with Crippen LogP contribution in [0.25, 0.3) is 44.5 Å². The first kappa shape index (κ1) is 46.4. The minimum atomic E-state index is -0.0320. The van der Waals surface area contributed by atoms with Gasteiger partial charge in [0.1, 0.15) is 0 Å². The molecular weight excluding hydrogens is 864 g/mol. The molecule has 0 saturated heterocycles. The Kier molecular flexibility index (Phi) is 12.1. The van der Waals surface area contributed by atoms with E-state index in [0.717, 1.165) is 21.5 Å². The molecule has 4 aliphatic rings. The van der Waals surface area contributed by atoms with Gasteiger partial charge in [-0.1, -0.05) is 168 Å². The van der Waals surface area contributed by atoms with Crippen molar-refractivity contribution in [3.05, 3.63) is 226 Å². The van der Waals surface area contributed by atoms with Gasteiger partial charge in [0.15, 0.2) is 0 Å². The number of anilines is 3. The van der Waals surface area contributed by atoms with Crippen molar-refractivity contribution < 1.29 is 29.6 Å². The van der Waals surface area contributed by atoms with Gasteiger partial charge >= 0.3 is 29.6 Å². The molecule has 0 heterocycles. The van der Waals surface area contributed by atoms with Gasteiger partial charge in [-0.2, -0.15) is 0 Å². The second-order valence-corrected chi connectivity index (χ2v) is 20.7. The Morgan fingerprint density at radius 3 is 1.11 bits per heavy atom. The number of fused-ring (bicyclic) bond motifs is 12. The summed E-state index contributed by atoms with van der Waals surface area (Å²) in [4.78, 5) is 0. The van der Waals surface area contributed by atoms with E-state index in [0.29, 0.717) is 0 Å². The fourth-order valence-corrected chi connectivity index (χ4v) is 11.4. The maximum atomic E-state index is 6.09. The van der Waals surface area contributed by atoms with Crippen molar-refractivity contribution in [2.24, 2.45) is 0 Å². The van der Waals surface area contributed by atoms with Gasteiger partial charge in [-0.15, -0.1) is 0 Å². The quantitative estimate of drug-likeness (QED) is 0.103. The van der Waals surface area contributed by atoms with Crippen LogP contribution in [0.4, 0.5) is 17.1 Å². The van der Waals surface area contributed by atoms with Crippen molar-refractivity contribution in [3.8, 4) is 44.5 Å². The number of hydrogen-bond acceptors (Lipinski definition) is 2. The Morgan fingerprint density at radius 1 is 0.338 bits per heavy atom. The van der Waals surface area contributed by atoms with Crippen LogP contribution in [0.15, 0.2) is 174 Å². The summed E-state index contributed by atoms with van der Waals surface area (Å²) in [5.41, 5.74) is 31.6. The average Bonchev–Trinajstić information content (AvgIpc) is 3.83. The van der Waals surface area contributed by atoms with E-state index in [1.165, 1.54) is 89.0 Å². The van der Waals surface area contributed by atoms with Crippen LogP contribution in [0, 0.1) is 7.43 Å². The SMILES string of the molecule is Brc1ccccc1.CC1(C)c2ccccc2-c2cc3c(cc21)-c1ccc(N)cc1C3(C)C.CC1(C)c2ccccc2-c2cc3c(cc21)-c1ccc(Nc2ccccc2)cc1C3(C)C.[CH3-].[Na+]. The van der Waals surface area contributed by atoms with Crippen LogP contribution in [0.5, 0.6) is 0 Å². The summed E-state index contributed by atoms with van der Waals surface area (Å²) >= 11 is 3.31. The largest absolute Gasteiger partial charge is 1.00 e. The van der Waals surface area contributed by atoms with Crippen molar-refractivity contribution in [1.82, 2.24) is 0 Å². The summed E-state index contributed by atoms with van der Waals surface area (Å²) in [6, 6.07) is 61.2. The van der Waals surface area contributed by atoms with Gasteiger partial charge in [-0.25, -0.2) is 0 Å². The zero-order chi connectivity index (χ0) is 44.1. The molecule has 0 spiro atoms. The summed E-state index contributed by atoms with van der Waals surface area (Å²) in [6.45, 7) is 18.8. The molecule has 0 radical (unpaired) electrons. The monoisotopic (exact) mass is 920 g/mol. The van der Waals surface area contributed by atoms with E-state index in [-0.39, 0.29) is 58.6 Å². The van der Waals surface area contributed by atoms with Gasteiger partial charge in [0.2, 0.25) is 0 Å². The fraction of sp³-hybridized carbons (Fsp3) is 0.197. The van der Waals surface area contributed by atoms with Crippen molar-refractivity contribution in [2.45, 2.75) is 77.0 Å². The predicted molar refractivity (Wildman–Crippen MR) is 278 cm³/mol. The summed E-state index contributed by atoms with van der Waals surface area (Å²) in [5, 5.41) is 3.57. The van der Waals surface area contributed by atoms with Crippen LogP contribution in [0.1, 0.15) is 99.9 Å². The minimum Gasteiger partial charge on any atom is -0.399 e. The van der Waals surface area contributed by atoms with E-state index in [1.54, 1.807) is 0 Å². The third-order valence-electron chi connectivity index (χ3n) is 14.6. The van der Waals surface area contributed by atoms with E-state index in [2.05, 4.69) is 204 Å². The summed E-state index contributed by atoms with van der Waals surface area (Å²) in [6.07, 6.45) is 0. The smallest absolute Gasteiger partial charge is 0.399 e. The zero-order valence-corrected chi connectivity index (χ0v) is 43.2. The Morgan fingerprint density at radius 2 is 0.677 bits per heavy atom. The predicted octanol–water partition coefficient (Wildman–Crippen LogP) is 13.8. The van der Waals surface area contributed by atoms with E-state index < -0.39 is 0 Å². The summed E-state index contributed by atoms with van der Waals surface area (Å²) < 4.78 is 1.13. The number of nitrogens with one attached hydrogen (secondary N) is 1. The maximum absolute atomic E-state index is 6.09. The number of halogens is 1. The first-order chi connectivity index (χ1) is 30.1. The number of nitrogen functional groups attached to an aromatic ring is 1. The molecule has 4 aliphatic carbocycles. The second-order valence-electron chi connectivity index (χ2n) is 19.8. The molecule has 320 valence electrons. The molecule has 0 unspecified atom stereocenters. The van der Waals surface area contributed by atoms with Gasteiger partial charge in [-0.05, 0) is 162 Å². The van der Waals surface area contributed by atoms with Gasteiger partial charge in [0.25, 0.3) is 0 Å². The Bertz CT molecular complexity index is 3110. The number of rotatable bonds is 2. The standard InChI is InChI=1S/C30H27N.C24H23N.C6H5Br.CH3.Na/c1-29(2)25-13-9-8-12-21(25)23-17-28-24(18-27(23)29)22-15-14-20(16-26(22)30(28,3)4)31-19-10-6-5-7-11-19;1-23(2)19-8-6-5-7-15(19)17-12-22-18(13-21(17)23)16-10-9-14(25)11-20(16)24(22,3)4;7-6-4-2-1-3-5-6;;/h5-18,31H,1-4H3;5-13H,25H2,1-4H3;1-5H;1H3;/q;;;-1;+1. The maximum Gasteiger partial charge on any atom is 1.00 e. The van der Waals surface area contributed by atoms with Crippen LogP contribution in [-0.4, -0.2) is 0 Å². The molecule has 0 aromatic heterocycles. The second kappa shape index (κ2) is 16.9. The van der Waals surface area contributed by atoms with Crippen LogP contribution >= 0.6 is 15.9 Å². The number of hydrogen-bond donors (Lipinski definition) is 2. The van der Waals surface area contributed by atoms with Gasteiger partial charge in [-0.3, -0.25) is 0 Å². The van der Waals surface area contributed by atoms with E-state index in [4.69, 9.17) is 5.73 Å². The van der Waals surface area contributed by atoms with Crippen LogP contribution in [0.2, 0.25) is 0 Å². The number of para-hydroxylation sites is 1. The van der Waals surface area contributed by atoms with E-state index in [9.17, 15) is 0 Å². The van der Waals surface area contributed by atoms with Crippen LogP contribution in [-0.2, 0) is 21.7 Å². The van der Waals surface area contributed by atoms with Crippen molar-refractivity contribution in [1.29, 1.82) is 0 Å². The average molecular weight is 922 g/mol. The Labute approximate surface area is 418 Å². The van der Waals surface area contributed by atoms with Gasteiger partial charge in [0.05, 0.1) is 0 Å². The third kappa shape index (κ3) is 7.53. The summed E-state index contributed by atoms with van der Waals surface area (Å²) in [7, 11) is 0. The molecule has 2 nitrogen and oxygen atoms in total. The molecule has 0 bridgehead atoms.